The third kappa shape index (κ3) is 4.30. The molecule has 0 fully saturated rings. The molecular formula is C20H20N6O3. The molecule has 9 heteroatoms. The van der Waals surface area contributed by atoms with E-state index in [1.54, 1.807) is 37.7 Å². The van der Waals surface area contributed by atoms with Gasteiger partial charge in [0.1, 0.15) is 35.7 Å². The first-order valence-corrected chi connectivity index (χ1v) is 8.92. The fourth-order valence-electron chi connectivity index (χ4n) is 2.84. The minimum atomic E-state index is -0.695. The van der Waals surface area contributed by atoms with Gasteiger partial charge in [0.05, 0.1) is 30.8 Å². The van der Waals surface area contributed by atoms with E-state index >= 15 is 0 Å². The van der Waals surface area contributed by atoms with Crippen LogP contribution in [-0.4, -0.2) is 45.4 Å². The molecule has 3 aromatic rings. The smallest absolute Gasteiger partial charge is 0.248 e. The number of allylic oxidation sites excluding steroid dienone is 1. The summed E-state index contributed by atoms with van der Waals surface area (Å²) in [6, 6.07) is 3.55. The number of ether oxygens (including phenoxy) is 2. The van der Waals surface area contributed by atoms with Crippen LogP contribution in [0.25, 0.3) is 22.8 Å². The lowest BCUT2D eigenvalue weighted by molar-refractivity contribution is 0.313. The topological polar surface area (TPSA) is 122 Å². The van der Waals surface area contributed by atoms with Crippen LogP contribution in [0.3, 0.4) is 0 Å². The van der Waals surface area contributed by atoms with Crippen molar-refractivity contribution < 1.29 is 13.9 Å². The third-order valence-electron chi connectivity index (χ3n) is 4.16. The van der Waals surface area contributed by atoms with E-state index in [2.05, 4.69) is 24.9 Å². The molecule has 0 aromatic carbocycles. The first-order chi connectivity index (χ1) is 13.9. The fraction of sp³-hybridized carbons (Fsp3) is 0.250. The number of hydrogen-bond donors (Lipinski definition) is 1. The van der Waals surface area contributed by atoms with E-state index in [-0.39, 0.29) is 6.61 Å². The van der Waals surface area contributed by atoms with Crippen LogP contribution >= 0.6 is 0 Å². The van der Waals surface area contributed by atoms with Crippen LogP contribution in [0.5, 0.6) is 5.75 Å². The molecule has 3 aromatic heterocycles. The summed E-state index contributed by atoms with van der Waals surface area (Å²) in [4.78, 5) is 21.4. The number of aryl methyl sites for hydroxylation is 1. The van der Waals surface area contributed by atoms with Crippen molar-refractivity contribution in [3.05, 3.63) is 54.0 Å². The maximum absolute atomic E-state index is 6.23. The predicted molar refractivity (Wildman–Crippen MR) is 107 cm³/mol. The highest BCUT2D eigenvalue weighted by Crippen LogP contribution is 2.25. The molecule has 0 bridgehead atoms. The molecule has 0 spiro atoms. The number of nitrogens with two attached hydrogens (primary N) is 1. The van der Waals surface area contributed by atoms with E-state index < -0.39 is 5.54 Å². The molecule has 148 valence electrons. The van der Waals surface area contributed by atoms with E-state index in [0.717, 1.165) is 5.69 Å². The minimum absolute atomic E-state index is 0.219. The van der Waals surface area contributed by atoms with E-state index in [1.807, 2.05) is 19.9 Å². The summed E-state index contributed by atoms with van der Waals surface area (Å²) in [5, 5.41) is 0. The standard InChI is InChI=1S/C20H20N6O3/c1-12-4-16(25-11-24-12)19-26-17-5-14(8-23-18(17)29-19)28-10-13-6-20(2,21)7-15(27-3)9-22-13/h4-9,11H,10,21H2,1-3H3. The zero-order valence-corrected chi connectivity index (χ0v) is 16.3. The van der Waals surface area contributed by atoms with Crippen LogP contribution in [-0.2, 0) is 4.74 Å². The molecule has 1 unspecified atom stereocenters. The van der Waals surface area contributed by atoms with E-state index in [0.29, 0.717) is 40.0 Å². The second-order valence-corrected chi connectivity index (χ2v) is 6.86. The fourth-order valence-corrected chi connectivity index (χ4v) is 2.84. The molecule has 4 rings (SSSR count). The van der Waals surface area contributed by atoms with Gasteiger partial charge in [-0.3, -0.25) is 4.99 Å². The Morgan fingerprint density at radius 1 is 1.17 bits per heavy atom. The normalized spacial score (nSPS) is 18.9. The van der Waals surface area contributed by atoms with Crippen LogP contribution < -0.4 is 10.5 Å². The quantitative estimate of drug-likeness (QED) is 0.703. The predicted octanol–water partition coefficient (Wildman–Crippen LogP) is 2.58. The van der Waals surface area contributed by atoms with E-state index in [1.165, 1.54) is 6.33 Å². The Morgan fingerprint density at radius 3 is 2.83 bits per heavy atom. The number of pyridine rings is 1. The first-order valence-electron chi connectivity index (χ1n) is 8.92. The van der Waals surface area contributed by atoms with Gasteiger partial charge in [0, 0.05) is 11.8 Å². The Hall–Kier alpha value is -3.59. The van der Waals surface area contributed by atoms with E-state index in [9.17, 15) is 0 Å². The molecule has 29 heavy (non-hydrogen) atoms. The highest BCUT2D eigenvalue weighted by molar-refractivity contribution is 5.78. The lowest BCUT2D eigenvalue weighted by atomic mass is 10.0. The van der Waals surface area contributed by atoms with Crippen molar-refractivity contribution in [1.29, 1.82) is 0 Å². The number of oxazole rings is 1. The van der Waals surface area contributed by atoms with Gasteiger partial charge in [0.25, 0.3) is 0 Å². The lowest BCUT2D eigenvalue weighted by Gasteiger charge is -2.15. The molecule has 9 nitrogen and oxygen atoms in total. The zero-order chi connectivity index (χ0) is 20.4. The maximum Gasteiger partial charge on any atom is 0.248 e. The Bertz CT molecular complexity index is 1150. The van der Waals surface area contributed by atoms with Crippen LogP contribution in [0.4, 0.5) is 0 Å². The summed E-state index contributed by atoms with van der Waals surface area (Å²) in [5.74, 6) is 1.51. The molecule has 0 saturated heterocycles. The molecule has 0 aliphatic carbocycles. The van der Waals surface area contributed by atoms with Crippen molar-refractivity contribution in [3.8, 4) is 17.3 Å². The Morgan fingerprint density at radius 2 is 2.03 bits per heavy atom. The van der Waals surface area contributed by atoms with Crippen LogP contribution in [0.1, 0.15) is 12.6 Å². The number of fused-ring (bicyclic) bond motifs is 1. The Kier molecular flexibility index (Phi) is 4.81. The van der Waals surface area contributed by atoms with Gasteiger partial charge in [-0.1, -0.05) is 0 Å². The summed E-state index contributed by atoms with van der Waals surface area (Å²) in [6.07, 6.45) is 8.28. The van der Waals surface area contributed by atoms with Crippen LogP contribution in [0.15, 0.2) is 57.7 Å². The van der Waals surface area contributed by atoms with Crippen molar-refractivity contribution in [1.82, 2.24) is 19.9 Å². The Balaban J connectivity index is 1.53. The van der Waals surface area contributed by atoms with Crippen molar-refractivity contribution >= 4 is 17.4 Å². The number of rotatable bonds is 5. The Labute approximate surface area is 167 Å². The molecule has 1 aliphatic heterocycles. The SMILES string of the molecule is COC1=CC(C)(N)C=C(COc2cnc3oc(-c4cc(C)ncn4)nc3c2)N=C1. The lowest BCUT2D eigenvalue weighted by Crippen LogP contribution is -2.32. The summed E-state index contributed by atoms with van der Waals surface area (Å²) < 4.78 is 16.8. The molecular weight excluding hydrogens is 372 g/mol. The highest BCUT2D eigenvalue weighted by Gasteiger charge is 2.18. The monoisotopic (exact) mass is 392 g/mol. The minimum Gasteiger partial charge on any atom is -0.495 e. The summed E-state index contributed by atoms with van der Waals surface area (Å²) in [5.41, 5.74) is 8.60. The second kappa shape index (κ2) is 7.44. The van der Waals surface area contributed by atoms with Gasteiger partial charge in [-0.15, -0.1) is 0 Å². The number of nitrogens with zero attached hydrogens (tertiary/aromatic N) is 5. The van der Waals surface area contributed by atoms with Gasteiger partial charge in [-0.25, -0.2) is 19.9 Å². The molecule has 2 N–H and O–H groups in total. The van der Waals surface area contributed by atoms with Crippen LogP contribution in [0.2, 0.25) is 0 Å². The number of hydrogen-bond acceptors (Lipinski definition) is 9. The molecule has 0 radical (unpaired) electrons. The molecule has 1 aliphatic rings. The number of methoxy groups -OCH3 is 1. The van der Waals surface area contributed by atoms with Gasteiger partial charge in [-0.05, 0) is 32.1 Å². The van der Waals surface area contributed by atoms with Crippen molar-refractivity contribution in [2.24, 2.45) is 10.7 Å². The second-order valence-electron chi connectivity index (χ2n) is 6.86. The molecule has 0 saturated carbocycles. The number of aliphatic imine (C=N–C) groups is 1. The average molecular weight is 392 g/mol. The van der Waals surface area contributed by atoms with Gasteiger partial charge >= 0.3 is 0 Å². The van der Waals surface area contributed by atoms with E-state index in [4.69, 9.17) is 19.6 Å². The molecule has 4 heterocycles. The third-order valence-corrected chi connectivity index (χ3v) is 4.16. The largest absolute Gasteiger partial charge is 0.495 e. The van der Waals surface area contributed by atoms with Gasteiger partial charge < -0.3 is 19.6 Å². The maximum atomic E-state index is 6.23. The van der Waals surface area contributed by atoms with Crippen molar-refractivity contribution in [2.75, 3.05) is 13.7 Å². The average Bonchev–Trinajstić information content (AvgIpc) is 3.05. The van der Waals surface area contributed by atoms with Crippen molar-refractivity contribution in [3.63, 3.8) is 0 Å². The summed E-state index contributed by atoms with van der Waals surface area (Å²) in [7, 11) is 1.57. The van der Waals surface area contributed by atoms with Gasteiger partial charge in [-0.2, -0.15) is 0 Å². The summed E-state index contributed by atoms with van der Waals surface area (Å²) in [6.45, 7) is 3.96. The summed E-state index contributed by atoms with van der Waals surface area (Å²) >= 11 is 0. The first kappa shape index (κ1) is 18.8. The van der Waals surface area contributed by atoms with Crippen molar-refractivity contribution in [2.45, 2.75) is 19.4 Å². The molecule has 0 amide bonds. The highest BCUT2D eigenvalue weighted by atomic mass is 16.5. The zero-order valence-electron chi connectivity index (χ0n) is 16.3. The number of aromatic nitrogens is 4. The van der Waals surface area contributed by atoms with Crippen LogP contribution in [0, 0.1) is 6.92 Å². The van der Waals surface area contributed by atoms with Gasteiger partial charge in [0.2, 0.25) is 11.6 Å². The molecule has 1 atom stereocenters. The van der Waals surface area contributed by atoms with Gasteiger partial charge in [0.15, 0.2) is 0 Å².